The minimum absolute atomic E-state index is 0.184. The largest absolute Gasteiger partial charge is 0.396 e. The van der Waals surface area contributed by atoms with Gasteiger partial charge in [0.1, 0.15) is 0 Å². The first-order valence-electron chi connectivity index (χ1n) is 6.63. The molecule has 0 unspecified atom stereocenters. The highest BCUT2D eigenvalue weighted by molar-refractivity contribution is 7.80. The number of aromatic nitrogens is 1. The van der Waals surface area contributed by atoms with Crippen LogP contribution in [0.2, 0.25) is 0 Å². The van der Waals surface area contributed by atoms with E-state index in [2.05, 4.69) is 54.0 Å². The standard InChI is InChI=1S/C15H11NS.C2H6OS/c1-3-7-12(8-4-1)14-15(17-11-16-14)13-9-5-2-6-10-13;3-1-2-4/h1-11H;3-4H,1-2H2. The monoisotopic (exact) mass is 315 g/mol. The van der Waals surface area contributed by atoms with E-state index in [-0.39, 0.29) is 6.61 Å². The lowest BCUT2D eigenvalue weighted by Gasteiger charge is -2.02. The van der Waals surface area contributed by atoms with Crippen LogP contribution in [0.15, 0.2) is 66.2 Å². The molecule has 0 fully saturated rings. The Morgan fingerprint density at radius 1 is 0.905 bits per heavy atom. The van der Waals surface area contributed by atoms with Crippen LogP contribution in [0.4, 0.5) is 0 Å². The van der Waals surface area contributed by atoms with Crippen LogP contribution in [-0.4, -0.2) is 22.5 Å². The molecule has 3 aromatic rings. The van der Waals surface area contributed by atoms with E-state index >= 15 is 0 Å². The zero-order valence-corrected chi connectivity index (χ0v) is 13.2. The number of aliphatic hydroxyl groups is 1. The van der Waals surface area contributed by atoms with E-state index in [9.17, 15) is 0 Å². The maximum atomic E-state index is 7.80. The van der Waals surface area contributed by atoms with Gasteiger partial charge in [0.2, 0.25) is 0 Å². The summed E-state index contributed by atoms with van der Waals surface area (Å²) >= 11 is 5.36. The maximum Gasteiger partial charge on any atom is 0.0890 e. The van der Waals surface area contributed by atoms with Crippen LogP contribution in [0, 0.1) is 0 Å². The fourth-order valence-corrected chi connectivity index (χ4v) is 2.66. The summed E-state index contributed by atoms with van der Waals surface area (Å²) in [6.45, 7) is 0.184. The van der Waals surface area contributed by atoms with Crippen molar-refractivity contribution < 1.29 is 5.11 Å². The van der Waals surface area contributed by atoms with Gasteiger partial charge in [-0.15, -0.1) is 11.3 Å². The van der Waals surface area contributed by atoms with Crippen LogP contribution in [-0.2, 0) is 0 Å². The Balaban J connectivity index is 0.000000361. The molecule has 0 aliphatic rings. The van der Waals surface area contributed by atoms with Crippen molar-refractivity contribution in [3.63, 3.8) is 0 Å². The van der Waals surface area contributed by atoms with Gasteiger partial charge in [0.05, 0.1) is 22.7 Å². The lowest BCUT2D eigenvalue weighted by molar-refractivity contribution is 0.323. The van der Waals surface area contributed by atoms with Crippen LogP contribution >= 0.6 is 24.0 Å². The number of hydrogen-bond donors (Lipinski definition) is 2. The predicted molar refractivity (Wildman–Crippen MR) is 93.9 cm³/mol. The highest BCUT2D eigenvalue weighted by atomic mass is 32.1. The zero-order chi connectivity index (χ0) is 14.9. The Morgan fingerprint density at radius 2 is 1.43 bits per heavy atom. The summed E-state index contributed by atoms with van der Waals surface area (Å²) in [7, 11) is 0. The van der Waals surface area contributed by atoms with E-state index < -0.39 is 0 Å². The molecule has 0 aliphatic heterocycles. The molecule has 2 nitrogen and oxygen atoms in total. The molecule has 2 aromatic carbocycles. The van der Waals surface area contributed by atoms with Crippen LogP contribution in [0.25, 0.3) is 21.7 Å². The van der Waals surface area contributed by atoms with E-state index in [1.165, 1.54) is 16.0 Å². The quantitative estimate of drug-likeness (QED) is 0.703. The van der Waals surface area contributed by atoms with Crippen LogP contribution in [0.5, 0.6) is 0 Å². The van der Waals surface area contributed by atoms with Crippen molar-refractivity contribution in [3.05, 3.63) is 66.2 Å². The van der Waals surface area contributed by atoms with E-state index in [1.54, 1.807) is 11.3 Å². The van der Waals surface area contributed by atoms with Crippen molar-refractivity contribution in [2.75, 3.05) is 12.4 Å². The molecule has 0 aliphatic carbocycles. The highest BCUT2D eigenvalue weighted by Gasteiger charge is 2.09. The predicted octanol–water partition coefficient (Wildman–Crippen LogP) is 4.39. The van der Waals surface area contributed by atoms with Gasteiger partial charge in [-0.1, -0.05) is 60.7 Å². The van der Waals surface area contributed by atoms with Crippen molar-refractivity contribution in [1.29, 1.82) is 0 Å². The van der Waals surface area contributed by atoms with Gasteiger partial charge in [-0.3, -0.25) is 0 Å². The van der Waals surface area contributed by atoms with E-state index in [1.807, 2.05) is 29.8 Å². The molecular weight excluding hydrogens is 298 g/mol. The summed E-state index contributed by atoms with van der Waals surface area (Å²) in [6.07, 6.45) is 0. The third-order valence-electron chi connectivity index (χ3n) is 2.75. The summed E-state index contributed by atoms with van der Waals surface area (Å²) in [5.74, 6) is 0.569. The van der Waals surface area contributed by atoms with Gasteiger partial charge >= 0.3 is 0 Å². The molecule has 0 bridgehead atoms. The molecule has 4 heteroatoms. The Bertz CT molecular complexity index is 582. The molecule has 21 heavy (non-hydrogen) atoms. The smallest absolute Gasteiger partial charge is 0.0890 e. The first kappa shape index (κ1) is 15.8. The average molecular weight is 315 g/mol. The minimum atomic E-state index is 0.184. The molecule has 0 atom stereocenters. The number of rotatable bonds is 3. The van der Waals surface area contributed by atoms with E-state index in [4.69, 9.17) is 5.11 Å². The fraction of sp³-hybridized carbons (Fsp3) is 0.118. The van der Waals surface area contributed by atoms with Gasteiger partial charge in [-0.05, 0) is 5.56 Å². The Morgan fingerprint density at radius 3 is 1.95 bits per heavy atom. The lowest BCUT2D eigenvalue weighted by atomic mass is 10.1. The fourth-order valence-electron chi connectivity index (χ4n) is 1.84. The van der Waals surface area contributed by atoms with Crippen LogP contribution < -0.4 is 0 Å². The zero-order valence-electron chi connectivity index (χ0n) is 11.5. The maximum absolute atomic E-state index is 7.80. The molecule has 0 saturated carbocycles. The molecule has 3 rings (SSSR count). The van der Waals surface area contributed by atoms with Gasteiger partial charge in [0, 0.05) is 11.3 Å². The Hall–Kier alpha value is -1.62. The summed E-state index contributed by atoms with van der Waals surface area (Å²) in [5.41, 5.74) is 5.38. The first-order valence-corrected chi connectivity index (χ1v) is 8.14. The SMILES string of the molecule is OCCS.c1ccc(-c2ncsc2-c2ccccc2)cc1. The van der Waals surface area contributed by atoms with Gasteiger partial charge < -0.3 is 5.11 Å². The van der Waals surface area contributed by atoms with Crippen molar-refractivity contribution in [3.8, 4) is 21.7 Å². The molecule has 0 spiro atoms. The molecule has 0 radical (unpaired) electrons. The van der Waals surface area contributed by atoms with Crippen LogP contribution in [0.3, 0.4) is 0 Å². The van der Waals surface area contributed by atoms with Gasteiger partial charge in [0.15, 0.2) is 0 Å². The number of thiazole rings is 1. The number of benzene rings is 2. The molecule has 108 valence electrons. The average Bonchev–Trinajstić information content (AvgIpc) is 3.06. The molecule has 0 amide bonds. The molecular formula is C17H17NOS2. The Kier molecular flexibility index (Phi) is 6.47. The van der Waals surface area contributed by atoms with E-state index in [0.29, 0.717) is 5.75 Å². The second-order valence-corrected chi connectivity index (χ2v) is 5.51. The second kappa shape index (κ2) is 8.62. The number of aliphatic hydroxyl groups excluding tert-OH is 1. The molecule has 1 aromatic heterocycles. The Labute approximate surface area is 134 Å². The van der Waals surface area contributed by atoms with Crippen molar-refractivity contribution in [2.24, 2.45) is 0 Å². The van der Waals surface area contributed by atoms with Crippen molar-refractivity contribution in [1.82, 2.24) is 4.98 Å². The van der Waals surface area contributed by atoms with Gasteiger partial charge in [-0.2, -0.15) is 12.6 Å². The minimum Gasteiger partial charge on any atom is -0.396 e. The lowest BCUT2D eigenvalue weighted by Crippen LogP contribution is -1.80. The molecule has 1 N–H and O–H groups in total. The van der Waals surface area contributed by atoms with Crippen molar-refractivity contribution >= 4 is 24.0 Å². The van der Waals surface area contributed by atoms with E-state index in [0.717, 1.165) is 5.69 Å². The van der Waals surface area contributed by atoms with Gasteiger partial charge in [0.25, 0.3) is 0 Å². The molecule has 0 saturated heterocycles. The summed E-state index contributed by atoms with van der Waals surface area (Å²) in [5, 5.41) is 7.80. The van der Waals surface area contributed by atoms with Crippen molar-refractivity contribution in [2.45, 2.75) is 0 Å². The second-order valence-electron chi connectivity index (χ2n) is 4.21. The number of thiol groups is 1. The highest BCUT2D eigenvalue weighted by Crippen LogP contribution is 2.34. The summed E-state index contributed by atoms with van der Waals surface area (Å²) in [4.78, 5) is 5.71. The first-order chi connectivity index (χ1) is 10.4. The third kappa shape index (κ3) is 4.43. The summed E-state index contributed by atoms with van der Waals surface area (Å²) in [6, 6.07) is 20.7. The number of nitrogens with zero attached hydrogens (tertiary/aromatic N) is 1. The third-order valence-corrected chi connectivity index (χ3v) is 3.83. The molecule has 1 heterocycles. The van der Waals surface area contributed by atoms with Crippen LogP contribution in [0.1, 0.15) is 0 Å². The summed E-state index contributed by atoms with van der Waals surface area (Å²) < 4.78 is 0. The normalized spacial score (nSPS) is 9.81. The number of hydrogen-bond acceptors (Lipinski definition) is 4. The topological polar surface area (TPSA) is 33.1 Å². The van der Waals surface area contributed by atoms with Gasteiger partial charge in [-0.25, -0.2) is 4.98 Å².